The molecule has 9 heteroatoms. The van der Waals surface area contributed by atoms with E-state index in [1.54, 1.807) is 13.0 Å². The molecule has 0 spiro atoms. The maximum absolute atomic E-state index is 13.3. The van der Waals surface area contributed by atoms with Crippen LogP contribution in [-0.2, 0) is 19.6 Å². The van der Waals surface area contributed by atoms with Crippen LogP contribution in [0.4, 0.5) is 5.69 Å². The first-order chi connectivity index (χ1) is 14.8. The lowest BCUT2D eigenvalue weighted by molar-refractivity contribution is -0.127. The van der Waals surface area contributed by atoms with Gasteiger partial charge in [-0.2, -0.15) is 4.31 Å². The zero-order valence-electron chi connectivity index (χ0n) is 18.1. The Morgan fingerprint density at radius 1 is 1.19 bits per heavy atom. The predicted molar refractivity (Wildman–Crippen MR) is 116 cm³/mol. The predicted octanol–water partition coefficient (Wildman–Crippen LogP) is 2.56. The van der Waals surface area contributed by atoms with Crippen LogP contribution in [0.1, 0.15) is 57.4 Å². The number of fused-ring (bicyclic) bond motifs is 1. The zero-order valence-corrected chi connectivity index (χ0v) is 19.0. The molecule has 1 atom stereocenters. The van der Waals surface area contributed by atoms with Gasteiger partial charge < -0.3 is 15.4 Å². The molecular formula is C22H31N3O5S. The summed E-state index contributed by atoms with van der Waals surface area (Å²) in [7, 11) is -3.73. The number of nitrogens with one attached hydrogen (secondary N) is 2. The summed E-state index contributed by atoms with van der Waals surface area (Å²) in [4.78, 5) is 24.8. The number of amides is 2. The van der Waals surface area contributed by atoms with Gasteiger partial charge >= 0.3 is 0 Å². The standard InChI is InChI=1S/C22H31N3O5S/c1-3-18-22(27)24-17-12-14(2)20(13-19(17)30-18)31(28,29)25-10-8-15(9-11-25)21(26)23-16-6-4-5-7-16/h12-13,15-16,18H,3-11H2,1-2H3,(H,23,26)(H,24,27). The number of carbonyl (C=O) groups excluding carboxylic acids is 2. The van der Waals surface area contributed by atoms with E-state index in [1.807, 2.05) is 6.92 Å². The number of carbonyl (C=O) groups is 2. The molecule has 0 aromatic heterocycles. The number of benzene rings is 1. The first-order valence-corrected chi connectivity index (χ1v) is 12.7. The van der Waals surface area contributed by atoms with E-state index < -0.39 is 16.1 Å². The van der Waals surface area contributed by atoms with E-state index in [0.29, 0.717) is 49.4 Å². The number of aryl methyl sites for hydroxylation is 1. The van der Waals surface area contributed by atoms with Crippen molar-refractivity contribution >= 4 is 27.5 Å². The Balaban J connectivity index is 1.46. The molecule has 2 N–H and O–H groups in total. The van der Waals surface area contributed by atoms with Crippen LogP contribution >= 0.6 is 0 Å². The Morgan fingerprint density at radius 3 is 2.52 bits per heavy atom. The molecule has 0 radical (unpaired) electrons. The number of hydrogen-bond acceptors (Lipinski definition) is 5. The van der Waals surface area contributed by atoms with E-state index in [4.69, 9.17) is 4.74 Å². The SMILES string of the molecule is CCC1Oc2cc(S(=O)(=O)N3CCC(C(=O)NC4CCCC4)CC3)c(C)cc2NC1=O. The van der Waals surface area contributed by atoms with E-state index in [0.717, 1.165) is 25.7 Å². The van der Waals surface area contributed by atoms with Gasteiger partial charge in [-0.05, 0) is 50.7 Å². The summed E-state index contributed by atoms with van der Waals surface area (Å²) >= 11 is 0. The maximum atomic E-state index is 13.3. The normalized spacial score (nSPS) is 23.2. The molecule has 1 saturated heterocycles. The van der Waals surface area contributed by atoms with Gasteiger partial charge in [0.25, 0.3) is 5.91 Å². The molecule has 0 bridgehead atoms. The van der Waals surface area contributed by atoms with Crippen LogP contribution in [0.5, 0.6) is 5.75 Å². The second kappa shape index (κ2) is 8.78. The molecule has 4 rings (SSSR count). The summed E-state index contributed by atoms with van der Waals surface area (Å²) < 4.78 is 33.9. The number of sulfonamides is 1. The fraction of sp³-hybridized carbons (Fsp3) is 0.636. The summed E-state index contributed by atoms with van der Waals surface area (Å²) in [6.45, 7) is 4.19. The van der Waals surface area contributed by atoms with Crippen molar-refractivity contribution in [3.05, 3.63) is 17.7 Å². The molecule has 2 heterocycles. The number of rotatable bonds is 5. The quantitative estimate of drug-likeness (QED) is 0.719. The average Bonchev–Trinajstić information content (AvgIpc) is 3.26. The van der Waals surface area contributed by atoms with Gasteiger partial charge in [-0.25, -0.2) is 8.42 Å². The Morgan fingerprint density at radius 2 is 1.87 bits per heavy atom. The number of ether oxygens (including phenoxy) is 1. The highest BCUT2D eigenvalue weighted by atomic mass is 32.2. The monoisotopic (exact) mass is 449 g/mol. The van der Waals surface area contributed by atoms with Gasteiger partial charge in [-0.15, -0.1) is 0 Å². The summed E-state index contributed by atoms with van der Waals surface area (Å²) in [5, 5.41) is 5.92. The van der Waals surface area contributed by atoms with E-state index in [-0.39, 0.29) is 28.7 Å². The highest BCUT2D eigenvalue weighted by Gasteiger charge is 2.35. The van der Waals surface area contributed by atoms with Crippen molar-refractivity contribution in [1.29, 1.82) is 0 Å². The van der Waals surface area contributed by atoms with Gasteiger partial charge in [0.15, 0.2) is 6.10 Å². The molecule has 1 aromatic carbocycles. The third-order valence-corrected chi connectivity index (χ3v) is 8.65. The van der Waals surface area contributed by atoms with Crippen LogP contribution in [0, 0.1) is 12.8 Å². The van der Waals surface area contributed by atoms with E-state index in [9.17, 15) is 18.0 Å². The second-order valence-electron chi connectivity index (χ2n) is 8.79. The zero-order chi connectivity index (χ0) is 22.2. The Labute approximate surface area is 183 Å². The lowest BCUT2D eigenvalue weighted by atomic mass is 9.97. The van der Waals surface area contributed by atoms with Crippen molar-refractivity contribution < 1.29 is 22.7 Å². The molecule has 1 saturated carbocycles. The van der Waals surface area contributed by atoms with Crippen molar-refractivity contribution in [3.8, 4) is 5.75 Å². The largest absolute Gasteiger partial charge is 0.478 e. The molecule has 2 aliphatic heterocycles. The molecule has 2 fully saturated rings. The smallest absolute Gasteiger partial charge is 0.265 e. The van der Waals surface area contributed by atoms with Crippen LogP contribution < -0.4 is 15.4 Å². The van der Waals surface area contributed by atoms with Gasteiger partial charge in [0.05, 0.1) is 10.6 Å². The molecule has 170 valence electrons. The molecule has 31 heavy (non-hydrogen) atoms. The minimum Gasteiger partial charge on any atom is -0.478 e. The van der Waals surface area contributed by atoms with Crippen molar-refractivity contribution in [2.45, 2.75) is 75.8 Å². The van der Waals surface area contributed by atoms with Gasteiger partial charge in [-0.1, -0.05) is 19.8 Å². The molecule has 3 aliphatic rings. The van der Waals surface area contributed by atoms with Crippen LogP contribution in [-0.4, -0.2) is 49.8 Å². The number of nitrogens with zero attached hydrogens (tertiary/aromatic N) is 1. The molecule has 1 aliphatic carbocycles. The highest BCUT2D eigenvalue weighted by molar-refractivity contribution is 7.89. The average molecular weight is 450 g/mol. The summed E-state index contributed by atoms with van der Waals surface area (Å²) in [5.74, 6) is 0.0774. The number of piperidine rings is 1. The first-order valence-electron chi connectivity index (χ1n) is 11.2. The molecule has 1 aromatic rings. The fourth-order valence-corrected chi connectivity index (χ4v) is 6.41. The Hall–Kier alpha value is -2.13. The van der Waals surface area contributed by atoms with Crippen LogP contribution in [0.15, 0.2) is 17.0 Å². The third kappa shape index (κ3) is 4.43. The number of hydrogen-bond donors (Lipinski definition) is 2. The topological polar surface area (TPSA) is 105 Å². The van der Waals surface area contributed by atoms with Gasteiger partial charge in [0.2, 0.25) is 15.9 Å². The van der Waals surface area contributed by atoms with Crippen LogP contribution in [0.3, 0.4) is 0 Å². The van der Waals surface area contributed by atoms with Crippen LogP contribution in [0.25, 0.3) is 0 Å². The first kappa shape index (κ1) is 22.1. The third-order valence-electron chi connectivity index (χ3n) is 6.61. The van der Waals surface area contributed by atoms with Gasteiger partial charge in [-0.3, -0.25) is 9.59 Å². The van der Waals surface area contributed by atoms with Crippen LogP contribution in [0.2, 0.25) is 0 Å². The van der Waals surface area contributed by atoms with Crippen molar-refractivity contribution in [1.82, 2.24) is 9.62 Å². The molecular weight excluding hydrogens is 418 g/mol. The second-order valence-corrected chi connectivity index (χ2v) is 10.7. The van der Waals surface area contributed by atoms with E-state index >= 15 is 0 Å². The lowest BCUT2D eigenvalue weighted by Crippen LogP contribution is -2.45. The summed E-state index contributed by atoms with van der Waals surface area (Å²) in [6.07, 6.45) is 5.31. The summed E-state index contributed by atoms with van der Waals surface area (Å²) in [6, 6.07) is 3.44. The fourth-order valence-electron chi connectivity index (χ4n) is 4.72. The van der Waals surface area contributed by atoms with E-state index in [1.165, 1.54) is 10.4 Å². The van der Waals surface area contributed by atoms with E-state index in [2.05, 4.69) is 10.6 Å². The Bertz CT molecular complexity index is 964. The Kier molecular flexibility index (Phi) is 6.25. The summed E-state index contributed by atoms with van der Waals surface area (Å²) in [5.41, 5.74) is 1.05. The maximum Gasteiger partial charge on any atom is 0.265 e. The molecule has 2 amide bonds. The van der Waals surface area contributed by atoms with Crippen molar-refractivity contribution in [2.24, 2.45) is 5.92 Å². The molecule has 8 nitrogen and oxygen atoms in total. The van der Waals surface area contributed by atoms with Gasteiger partial charge in [0, 0.05) is 31.1 Å². The molecule has 1 unspecified atom stereocenters. The van der Waals surface area contributed by atoms with Crippen molar-refractivity contribution in [3.63, 3.8) is 0 Å². The highest BCUT2D eigenvalue weighted by Crippen LogP contribution is 2.36. The lowest BCUT2D eigenvalue weighted by Gasteiger charge is -2.32. The van der Waals surface area contributed by atoms with Gasteiger partial charge in [0.1, 0.15) is 5.75 Å². The number of anilines is 1. The van der Waals surface area contributed by atoms with Crippen molar-refractivity contribution in [2.75, 3.05) is 18.4 Å². The minimum absolute atomic E-state index is 0.0589. The minimum atomic E-state index is -3.73.